The minimum absolute atomic E-state index is 0.269. The highest BCUT2D eigenvalue weighted by Gasteiger charge is 2.27. The first kappa shape index (κ1) is 14.5. The molecule has 0 unspecified atom stereocenters. The van der Waals surface area contributed by atoms with Crippen LogP contribution in [0.2, 0.25) is 0 Å². The van der Waals surface area contributed by atoms with Crippen LogP contribution >= 0.6 is 0 Å². The standard InChI is InChI=1S/C18H22N4O/c23-15-6-4-14(5-7-15)18-20-12-16(22-10-8-19-9-11-22)17(21-18)13-2-1-3-13/h4-7,12-13,19,23H,1-3,8-11H2. The third-order valence-electron chi connectivity index (χ3n) is 4.87. The Balaban J connectivity index is 1.71. The molecule has 1 saturated heterocycles. The molecule has 0 spiro atoms. The first-order chi connectivity index (χ1) is 11.3. The molecule has 5 nitrogen and oxygen atoms in total. The van der Waals surface area contributed by atoms with Crippen molar-refractivity contribution >= 4 is 5.69 Å². The molecule has 1 aromatic carbocycles. The Labute approximate surface area is 136 Å². The van der Waals surface area contributed by atoms with Gasteiger partial charge in [-0.2, -0.15) is 0 Å². The average Bonchev–Trinajstić information content (AvgIpc) is 2.55. The van der Waals surface area contributed by atoms with E-state index >= 15 is 0 Å². The van der Waals surface area contributed by atoms with Crippen LogP contribution in [0.15, 0.2) is 30.5 Å². The van der Waals surface area contributed by atoms with Gasteiger partial charge in [0.05, 0.1) is 17.6 Å². The lowest BCUT2D eigenvalue weighted by molar-refractivity contribution is 0.410. The molecule has 1 aliphatic heterocycles. The van der Waals surface area contributed by atoms with Crippen molar-refractivity contribution in [1.29, 1.82) is 0 Å². The molecule has 1 aromatic heterocycles. The zero-order valence-electron chi connectivity index (χ0n) is 13.2. The smallest absolute Gasteiger partial charge is 0.159 e. The van der Waals surface area contributed by atoms with Gasteiger partial charge >= 0.3 is 0 Å². The molecule has 23 heavy (non-hydrogen) atoms. The molecule has 1 aliphatic carbocycles. The van der Waals surface area contributed by atoms with Gasteiger partial charge in [-0.1, -0.05) is 6.42 Å². The van der Waals surface area contributed by atoms with Crippen molar-refractivity contribution in [1.82, 2.24) is 15.3 Å². The van der Waals surface area contributed by atoms with E-state index in [4.69, 9.17) is 4.98 Å². The van der Waals surface area contributed by atoms with E-state index in [1.807, 2.05) is 18.3 Å². The SMILES string of the molecule is Oc1ccc(-c2ncc(N3CCNCC3)c(C3CCC3)n2)cc1. The van der Waals surface area contributed by atoms with Gasteiger partial charge in [0.2, 0.25) is 0 Å². The van der Waals surface area contributed by atoms with Gasteiger partial charge in [0.1, 0.15) is 5.75 Å². The average molecular weight is 310 g/mol. The minimum Gasteiger partial charge on any atom is -0.508 e. The maximum Gasteiger partial charge on any atom is 0.159 e. The molecule has 0 amide bonds. The fourth-order valence-electron chi connectivity index (χ4n) is 3.27. The molecule has 2 aliphatic rings. The summed E-state index contributed by atoms with van der Waals surface area (Å²) in [5, 5.41) is 12.9. The molecule has 120 valence electrons. The second kappa shape index (κ2) is 6.16. The van der Waals surface area contributed by atoms with E-state index in [2.05, 4.69) is 15.2 Å². The first-order valence-corrected chi connectivity index (χ1v) is 8.43. The number of hydrogen-bond acceptors (Lipinski definition) is 5. The predicted octanol–water partition coefficient (Wildman–Crippen LogP) is 2.53. The van der Waals surface area contributed by atoms with E-state index in [0.717, 1.165) is 37.6 Å². The van der Waals surface area contributed by atoms with Crippen molar-refractivity contribution in [2.75, 3.05) is 31.1 Å². The van der Waals surface area contributed by atoms with Gasteiger partial charge in [-0.05, 0) is 37.1 Å². The van der Waals surface area contributed by atoms with Crippen LogP contribution in [0.5, 0.6) is 5.75 Å². The topological polar surface area (TPSA) is 61.3 Å². The van der Waals surface area contributed by atoms with Crippen LogP contribution in [0.25, 0.3) is 11.4 Å². The summed E-state index contributed by atoms with van der Waals surface area (Å²) in [6, 6.07) is 7.12. The number of anilines is 1. The Kier molecular flexibility index (Phi) is 3.87. The summed E-state index contributed by atoms with van der Waals surface area (Å²) < 4.78 is 0. The summed E-state index contributed by atoms with van der Waals surface area (Å²) in [6.45, 7) is 4.07. The summed E-state index contributed by atoms with van der Waals surface area (Å²) in [5.74, 6) is 1.59. The van der Waals surface area contributed by atoms with Crippen LogP contribution < -0.4 is 10.2 Å². The Morgan fingerprint density at radius 3 is 2.48 bits per heavy atom. The number of phenols is 1. The molecule has 2 fully saturated rings. The number of phenolic OH excluding ortho intramolecular Hbond substituents is 1. The van der Waals surface area contributed by atoms with Crippen molar-refractivity contribution in [3.8, 4) is 17.1 Å². The molecule has 2 aromatic rings. The lowest BCUT2D eigenvalue weighted by atomic mass is 9.82. The van der Waals surface area contributed by atoms with Gasteiger partial charge in [-0.15, -0.1) is 0 Å². The number of piperazine rings is 1. The fourth-order valence-corrected chi connectivity index (χ4v) is 3.27. The largest absolute Gasteiger partial charge is 0.508 e. The monoisotopic (exact) mass is 310 g/mol. The van der Waals surface area contributed by atoms with Gasteiger partial charge in [0.15, 0.2) is 5.82 Å². The fraction of sp³-hybridized carbons (Fsp3) is 0.444. The van der Waals surface area contributed by atoms with E-state index in [-0.39, 0.29) is 5.75 Å². The Morgan fingerprint density at radius 2 is 1.83 bits per heavy atom. The van der Waals surface area contributed by atoms with Crippen molar-refractivity contribution in [3.05, 3.63) is 36.2 Å². The Hall–Kier alpha value is -2.14. The maximum absolute atomic E-state index is 9.45. The third kappa shape index (κ3) is 2.88. The number of rotatable bonds is 3. The number of nitrogens with zero attached hydrogens (tertiary/aromatic N) is 3. The number of hydrogen-bond donors (Lipinski definition) is 2. The van der Waals surface area contributed by atoms with E-state index in [9.17, 15) is 5.11 Å². The van der Waals surface area contributed by atoms with Crippen LogP contribution in [0.3, 0.4) is 0 Å². The Morgan fingerprint density at radius 1 is 1.09 bits per heavy atom. The number of nitrogens with one attached hydrogen (secondary N) is 1. The lowest BCUT2D eigenvalue weighted by Gasteiger charge is -2.34. The molecule has 0 bridgehead atoms. The second-order valence-corrected chi connectivity index (χ2v) is 6.38. The van der Waals surface area contributed by atoms with Crippen LogP contribution in [0, 0.1) is 0 Å². The van der Waals surface area contributed by atoms with E-state index in [1.165, 1.54) is 30.6 Å². The number of benzene rings is 1. The molecular formula is C18H22N4O. The van der Waals surface area contributed by atoms with Gasteiger partial charge < -0.3 is 15.3 Å². The van der Waals surface area contributed by atoms with Crippen molar-refractivity contribution in [3.63, 3.8) is 0 Å². The summed E-state index contributed by atoms with van der Waals surface area (Å²) >= 11 is 0. The highest BCUT2D eigenvalue weighted by Crippen LogP contribution is 2.40. The van der Waals surface area contributed by atoms with Crippen molar-refractivity contribution in [2.45, 2.75) is 25.2 Å². The van der Waals surface area contributed by atoms with E-state index < -0.39 is 0 Å². The predicted molar refractivity (Wildman–Crippen MR) is 90.8 cm³/mol. The van der Waals surface area contributed by atoms with Gasteiger partial charge in [0, 0.05) is 37.7 Å². The zero-order chi connectivity index (χ0) is 15.6. The van der Waals surface area contributed by atoms with E-state index in [0.29, 0.717) is 5.92 Å². The van der Waals surface area contributed by atoms with E-state index in [1.54, 1.807) is 12.1 Å². The van der Waals surface area contributed by atoms with Gasteiger partial charge in [-0.25, -0.2) is 9.97 Å². The quantitative estimate of drug-likeness (QED) is 0.912. The summed E-state index contributed by atoms with van der Waals surface area (Å²) in [7, 11) is 0. The normalized spacial score (nSPS) is 18.7. The van der Waals surface area contributed by atoms with Gasteiger partial charge in [0.25, 0.3) is 0 Å². The van der Waals surface area contributed by atoms with Crippen LogP contribution in [-0.2, 0) is 0 Å². The molecule has 2 N–H and O–H groups in total. The third-order valence-corrected chi connectivity index (χ3v) is 4.87. The van der Waals surface area contributed by atoms with Crippen LogP contribution in [0.4, 0.5) is 5.69 Å². The summed E-state index contributed by atoms with van der Waals surface area (Å²) in [4.78, 5) is 11.9. The molecule has 4 rings (SSSR count). The molecule has 0 radical (unpaired) electrons. The van der Waals surface area contributed by atoms with Crippen molar-refractivity contribution < 1.29 is 5.11 Å². The number of aromatic hydroxyl groups is 1. The molecule has 0 atom stereocenters. The molecule has 5 heteroatoms. The van der Waals surface area contributed by atoms with Crippen LogP contribution in [-0.4, -0.2) is 41.3 Å². The highest BCUT2D eigenvalue weighted by molar-refractivity contribution is 5.60. The summed E-state index contributed by atoms with van der Waals surface area (Å²) in [5.41, 5.74) is 3.37. The lowest BCUT2D eigenvalue weighted by Crippen LogP contribution is -2.44. The van der Waals surface area contributed by atoms with Crippen LogP contribution in [0.1, 0.15) is 30.9 Å². The van der Waals surface area contributed by atoms with Crippen molar-refractivity contribution in [2.24, 2.45) is 0 Å². The summed E-state index contributed by atoms with van der Waals surface area (Å²) in [6.07, 6.45) is 5.74. The van der Waals surface area contributed by atoms with Gasteiger partial charge in [-0.3, -0.25) is 0 Å². The maximum atomic E-state index is 9.45. The molecule has 1 saturated carbocycles. The Bertz CT molecular complexity index is 676. The highest BCUT2D eigenvalue weighted by atomic mass is 16.3. The number of aromatic nitrogens is 2. The minimum atomic E-state index is 0.269. The first-order valence-electron chi connectivity index (χ1n) is 8.43. The second-order valence-electron chi connectivity index (χ2n) is 6.38. The zero-order valence-corrected chi connectivity index (χ0v) is 13.2. The molecular weight excluding hydrogens is 288 g/mol. The molecule has 2 heterocycles.